The van der Waals surface area contributed by atoms with E-state index in [1.54, 1.807) is 23.7 Å². The van der Waals surface area contributed by atoms with Gasteiger partial charge in [-0.1, -0.05) is 0 Å². The van der Waals surface area contributed by atoms with E-state index >= 15 is 0 Å². The van der Waals surface area contributed by atoms with E-state index in [1.807, 2.05) is 12.1 Å². The second-order valence-corrected chi connectivity index (χ2v) is 9.06. The Bertz CT molecular complexity index is 1180. The van der Waals surface area contributed by atoms with Gasteiger partial charge in [0.25, 0.3) is 5.91 Å². The van der Waals surface area contributed by atoms with Crippen molar-refractivity contribution in [3.8, 4) is 0 Å². The fourth-order valence-electron chi connectivity index (χ4n) is 3.25. The lowest BCUT2D eigenvalue weighted by Gasteiger charge is -2.15. The molecule has 0 unspecified atom stereocenters. The highest BCUT2D eigenvalue weighted by atomic mass is 79.9. The molecule has 0 atom stereocenters. The van der Waals surface area contributed by atoms with E-state index in [4.69, 9.17) is 4.42 Å². The number of nitrogens with one attached hydrogen (secondary N) is 1. The molecule has 4 nitrogen and oxygen atoms in total. The molecule has 162 valence electrons. The third-order valence-corrected chi connectivity index (χ3v) is 6.51. The second-order valence-electron chi connectivity index (χ2n) is 7.15. The van der Waals surface area contributed by atoms with Crippen LogP contribution in [0.5, 0.6) is 0 Å². The molecule has 0 saturated carbocycles. The van der Waals surface area contributed by atoms with Crippen LogP contribution >= 0.6 is 39.7 Å². The molecule has 1 amide bonds. The Morgan fingerprint density at radius 2 is 1.97 bits per heavy atom. The molecule has 0 spiro atoms. The highest BCUT2D eigenvalue weighted by Gasteiger charge is 2.11. The lowest BCUT2D eigenvalue weighted by molar-refractivity contribution is 0.102. The van der Waals surface area contributed by atoms with Gasteiger partial charge in [0.1, 0.15) is 11.4 Å². The summed E-state index contributed by atoms with van der Waals surface area (Å²) in [6.07, 6.45) is 2.62. The maximum absolute atomic E-state index is 13.1. The third-order valence-electron chi connectivity index (χ3n) is 4.83. The normalized spacial score (nSPS) is 11.0. The van der Waals surface area contributed by atoms with Crippen LogP contribution in [0.25, 0.3) is 11.0 Å². The van der Waals surface area contributed by atoms with Gasteiger partial charge in [-0.2, -0.15) is 0 Å². The molecule has 4 aromatic rings. The zero-order chi connectivity index (χ0) is 21.1. The first-order valence-corrected chi connectivity index (χ1v) is 11.1. The van der Waals surface area contributed by atoms with Gasteiger partial charge in [-0.05, 0) is 83.5 Å². The summed E-state index contributed by atoms with van der Waals surface area (Å²) in [5, 5.41) is 5.95. The molecule has 4 rings (SSSR count). The monoisotopic (exact) mass is 522 g/mol. The van der Waals surface area contributed by atoms with Crippen LogP contribution in [0.15, 0.2) is 69.1 Å². The number of furan rings is 1. The number of thiophene rings is 1. The van der Waals surface area contributed by atoms with Crippen LogP contribution < -0.4 is 5.32 Å². The number of nitrogens with zero attached hydrogens (tertiary/aromatic N) is 1. The summed E-state index contributed by atoms with van der Waals surface area (Å²) in [4.78, 5) is 16.0. The van der Waals surface area contributed by atoms with Crippen molar-refractivity contribution in [3.63, 3.8) is 0 Å². The number of benzene rings is 2. The molecule has 2 aromatic carbocycles. The number of carbonyl (C=O) groups is 1. The van der Waals surface area contributed by atoms with E-state index in [2.05, 4.69) is 44.6 Å². The molecule has 0 radical (unpaired) electrons. The minimum atomic E-state index is -0.368. The van der Waals surface area contributed by atoms with Crippen molar-refractivity contribution < 1.29 is 13.6 Å². The summed E-state index contributed by atoms with van der Waals surface area (Å²) < 4.78 is 19.9. The van der Waals surface area contributed by atoms with E-state index in [0.717, 1.165) is 40.5 Å². The van der Waals surface area contributed by atoms with Crippen molar-refractivity contribution in [1.29, 1.82) is 0 Å². The molecule has 0 aliphatic carbocycles. The Morgan fingerprint density at radius 3 is 2.68 bits per heavy atom. The van der Waals surface area contributed by atoms with Crippen molar-refractivity contribution in [2.45, 2.75) is 13.0 Å². The average Bonchev–Trinajstić information content (AvgIpc) is 3.32. The molecule has 0 saturated heterocycles. The van der Waals surface area contributed by atoms with Gasteiger partial charge >= 0.3 is 0 Å². The lowest BCUT2D eigenvalue weighted by Crippen LogP contribution is -2.20. The first kappa shape index (κ1) is 23.5. The molecule has 2 aromatic heterocycles. The minimum Gasteiger partial charge on any atom is -0.464 e. The predicted octanol–water partition coefficient (Wildman–Crippen LogP) is 6.74. The van der Waals surface area contributed by atoms with Crippen LogP contribution in [0, 0.1) is 5.82 Å². The van der Waals surface area contributed by atoms with Crippen molar-refractivity contribution in [2.75, 3.05) is 18.9 Å². The first-order valence-electron chi connectivity index (χ1n) is 9.46. The standard InChI is InChI=1S/C23H20BrFN2O2S.ClH/c1-27(12-20-10-17(24)14-30-20)9-8-16-13-29-22-7-6-19(11-21(16)22)26-23(28)15-2-4-18(25)5-3-15;/h2-7,10-11,13-14H,8-9,12H2,1H3,(H,26,28);1H. The smallest absolute Gasteiger partial charge is 0.255 e. The van der Waals surface area contributed by atoms with E-state index in [0.29, 0.717) is 11.3 Å². The summed E-state index contributed by atoms with van der Waals surface area (Å²) in [6.45, 7) is 1.78. The topological polar surface area (TPSA) is 45.5 Å². The van der Waals surface area contributed by atoms with Crippen molar-refractivity contribution in [1.82, 2.24) is 4.90 Å². The quantitative estimate of drug-likeness (QED) is 0.292. The van der Waals surface area contributed by atoms with E-state index in [9.17, 15) is 9.18 Å². The van der Waals surface area contributed by atoms with E-state index in [-0.39, 0.29) is 24.1 Å². The molecule has 0 aliphatic rings. The molecule has 8 heteroatoms. The van der Waals surface area contributed by atoms with Crippen molar-refractivity contribution in [2.24, 2.45) is 0 Å². The van der Waals surface area contributed by atoms with Crippen molar-refractivity contribution in [3.05, 3.63) is 86.5 Å². The summed E-state index contributed by atoms with van der Waals surface area (Å²) in [5.74, 6) is -0.645. The fourth-order valence-corrected chi connectivity index (χ4v) is 4.78. The minimum absolute atomic E-state index is 0. The van der Waals surface area contributed by atoms with Gasteiger partial charge < -0.3 is 14.6 Å². The number of hydrogen-bond donors (Lipinski definition) is 1. The summed E-state index contributed by atoms with van der Waals surface area (Å²) in [5.41, 5.74) is 2.97. The maximum Gasteiger partial charge on any atom is 0.255 e. The molecule has 2 heterocycles. The predicted molar refractivity (Wildman–Crippen MR) is 130 cm³/mol. The zero-order valence-corrected chi connectivity index (χ0v) is 19.9. The zero-order valence-electron chi connectivity index (χ0n) is 16.7. The third kappa shape index (κ3) is 5.95. The molecule has 31 heavy (non-hydrogen) atoms. The molecule has 0 aliphatic heterocycles. The number of likely N-dealkylation sites (N-methyl/N-ethyl adjacent to an activating group) is 1. The summed E-state index contributed by atoms with van der Waals surface area (Å²) in [6, 6.07) is 13.2. The Balaban J connectivity index is 0.00000272. The number of anilines is 1. The largest absolute Gasteiger partial charge is 0.464 e. The Morgan fingerprint density at radius 1 is 1.19 bits per heavy atom. The number of halogens is 3. The van der Waals surface area contributed by atoms with Crippen molar-refractivity contribution >= 4 is 62.2 Å². The van der Waals surface area contributed by atoms with Gasteiger partial charge in [-0.25, -0.2) is 4.39 Å². The van der Waals surface area contributed by atoms with Gasteiger partial charge in [-0.15, -0.1) is 23.7 Å². The van der Waals surface area contributed by atoms with Gasteiger partial charge in [0.2, 0.25) is 0 Å². The van der Waals surface area contributed by atoms with Crippen LogP contribution in [-0.4, -0.2) is 24.4 Å². The van der Waals surface area contributed by atoms with Gasteiger partial charge in [0.15, 0.2) is 0 Å². The molecular formula is C23H21BrClFN2O2S. The van der Waals surface area contributed by atoms with Crippen LogP contribution in [-0.2, 0) is 13.0 Å². The maximum atomic E-state index is 13.1. The highest BCUT2D eigenvalue weighted by Crippen LogP contribution is 2.26. The number of carbonyl (C=O) groups excluding carboxylic acids is 1. The van der Waals surface area contributed by atoms with E-state index in [1.165, 1.54) is 29.1 Å². The van der Waals surface area contributed by atoms with E-state index < -0.39 is 0 Å². The van der Waals surface area contributed by atoms with Crippen LogP contribution in [0.2, 0.25) is 0 Å². The molecule has 1 N–H and O–H groups in total. The van der Waals surface area contributed by atoms with Gasteiger partial charge in [0, 0.05) is 44.5 Å². The first-order chi connectivity index (χ1) is 14.5. The summed E-state index contributed by atoms with van der Waals surface area (Å²) in [7, 11) is 2.10. The molecule has 0 bridgehead atoms. The summed E-state index contributed by atoms with van der Waals surface area (Å²) >= 11 is 5.24. The second kappa shape index (κ2) is 10.4. The fraction of sp³-hybridized carbons (Fsp3) is 0.174. The molecular weight excluding hydrogens is 503 g/mol. The van der Waals surface area contributed by atoms with Crippen LogP contribution in [0.3, 0.4) is 0 Å². The number of amides is 1. The number of fused-ring (bicyclic) bond motifs is 1. The Hall–Kier alpha value is -2.19. The SMILES string of the molecule is CN(CCc1coc2ccc(NC(=O)c3ccc(F)cc3)cc12)Cc1cc(Br)cs1.Cl. The Labute approximate surface area is 198 Å². The van der Waals surface area contributed by atoms with Crippen LogP contribution in [0.1, 0.15) is 20.8 Å². The molecule has 0 fully saturated rings. The highest BCUT2D eigenvalue weighted by molar-refractivity contribution is 9.10. The van der Waals surface area contributed by atoms with Gasteiger partial charge in [0.05, 0.1) is 6.26 Å². The van der Waals surface area contributed by atoms with Crippen LogP contribution in [0.4, 0.5) is 10.1 Å². The van der Waals surface area contributed by atoms with Gasteiger partial charge in [-0.3, -0.25) is 4.79 Å². The number of hydrogen-bond acceptors (Lipinski definition) is 4. The average molecular weight is 524 g/mol. The Kier molecular flexibility index (Phi) is 7.89. The lowest BCUT2D eigenvalue weighted by atomic mass is 10.1. The number of rotatable bonds is 7.